The molecule has 0 radical (unpaired) electrons. The summed E-state index contributed by atoms with van der Waals surface area (Å²) in [6.07, 6.45) is 4.71. The van der Waals surface area contributed by atoms with Gasteiger partial charge in [0, 0.05) is 36.2 Å². The van der Waals surface area contributed by atoms with Crippen LogP contribution >= 0.6 is 15.9 Å². The Morgan fingerprint density at radius 3 is 2.94 bits per heavy atom. The Labute approximate surface area is 110 Å². The minimum absolute atomic E-state index is 0.450. The molecule has 0 N–H and O–H groups in total. The van der Waals surface area contributed by atoms with Gasteiger partial charge in [-0.2, -0.15) is 0 Å². The Morgan fingerprint density at radius 2 is 2.24 bits per heavy atom. The molecule has 94 valence electrons. The maximum absolute atomic E-state index is 5.37. The second kappa shape index (κ2) is 6.31. The SMILES string of the molecule is COc1cc(CC(Br)C2CCOCC2)ncn1. The normalized spacial score (nSPS) is 18.9. The van der Waals surface area contributed by atoms with Crippen molar-refractivity contribution >= 4 is 15.9 Å². The summed E-state index contributed by atoms with van der Waals surface area (Å²) in [6.45, 7) is 1.75. The van der Waals surface area contributed by atoms with E-state index in [1.54, 1.807) is 13.4 Å². The molecular formula is C12H17BrN2O2. The topological polar surface area (TPSA) is 44.2 Å². The van der Waals surface area contributed by atoms with Gasteiger partial charge in [0.1, 0.15) is 6.33 Å². The lowest BCUT2D eigenvalue weighted by atomic mass is 9.94. The maximum Gasteiger partial charge on any atom is 0.216 e. The van der Waals surface area contributed by atoms with Crippen LogP contribution in [0.15, 0.2) is 12.4 Å². The Balaban J connectivity index is 1.94. The van der Waals surface area contributed by atoms with Gasteiger partial charge in [0.05, 0.1) is 7.11 Å². The number of hydrogen-bond acceptors (Lipinski definition) is 4. The molecule has 1 atom stereocenters. The molecule has 0 spiro atoms. The average molecular weight is 301 g/mol. The predicted octanol–water partition coefficient (Wildman–Crippen LogP) is 2.22. The monoisotopic (exact) mass is 300 g/mol. The molecule has 4 nitrogen and oxygen atoms in total. The number of methoxy groups -OCH3 is 1. The first-order valence-electron chi connectivity index (χ1n) is 5.86. The third-order valence-electron chi connectivity index (χ3n) is 3.09. The summed E-state index contributed by atoms with van der Waals surface area (Å²) >= 11 is 3.77. The van der Waals surface area contributed by atoms with Gasteiger partial charge in [-0.05, 0) is 18.8 Å². The molecule has 1 unspecified atom stereocenters. The lowest BCUT2D eigenvalue weighted by Gasteiger charge is -2.26. The van der Waals surface area contributed by atoms with Crippen LogP contribution in [0.4, 0.5) is 0 Å². The summed E-state index contributed by atoms with van der Waals surface area (Å²) in [6, 6.07) is 1.90. The highest BCUT2D eigenvalue weighted by atomic mass is 79.9. The summed E-state index contributed by atoms with van der Waals surface area (Å²) in [5, 5.41) is 0. The first-order valence-corrected chi connectivity index (χ1v) is 6.78. The van der Waals surface area contributed by atoms with Gasteiger partial charge in [-0.25, -0.2) is 9.97 Å². The third kappa shape index (κ3) is 3.64. The summed E-state index contributed by atoms with van der Waals surface area (Å²) < 4.78 is 10.5. The number of ether oxygens (including phenoxy) is 2. The smallest absolute Gasteiger partial charge is 0.216 e. The molecule has 5 heteroatoms. The molecule has 0 aromatic carbocycles. The molecule has 1 aromatic rings. The first kappa shape index (κ1) is 12.8. The van der Waals surface area contributed by atoms with Gasteiger partial charge in [0.25, 0.3) is 0 Å². The van der Waals surface area contributed by atoms with Crippen molar-refractivity contribution in [2.45, 2.75) is 24.1 Å². The van der Waals surface area contributed by atoms with Crippen LogP contribution in [0.25, 0.3) is 0 Å². The zero-order chi connectivity index (χ0) is 12.1. The average Bonchev–Trinajstić information content (AvgIpc) is 2.40. The van der Waals surface area contributed by atoms with Crippen molar-refractivity contribution in [2.75, 3.05) is 20.3 Å². The fourth-order valence-electron chi connectivity index (χ4n) is 2.04. The van der Waals surface area contributed by atoms with Crippen molar-refractivity contribution in [3.05, 3.63) is 18.1 Å². The Hall–Kier alpha value is -0.680. The van der Waals surface area contributed by atoms with Gasteiger partial charge in [0.15, 0.2) is 0 Å². The number of nitrogens with zero attached hydrogens (tertiary/aromatic N) is 2. The molecule has 0 saturated carbocycles. The van der Waals surface area contributed by atoms with Crippen molar-refractivity contribution in [3.8, 4) is 5.88 Å². The summed E-state index contributed by atoms with van der Waals surface area (Å²) in [7, 11) is 1.62. The molecule has 2 rings (SSSR count). The van der Waals surface area contributed by atoms with E-state index in [1.165, 1.54) is 0 Å². The highest BCUT2D eigenvalue weighted by molar-refractivity contribution is 9.09. The lowest BCUT2D eigenvalue weighted by Crippen LogP contribution is -2.25. The fourth-order valence-corrected chi connectivity index (χ4v) is 2.90. The number of alkyl halides is 1. The van der Waals surface area contributed by atoms with E-state index >= 15 is 0 Å². The molecule has 1 fully saturated rings. The summed E-state index contributed by atoms with van der Waals surface area (Å²) in [5.41, 5.74) is 1.02. The third-order valence-corrected chi connectivity index (χ3v) is 4.16. The standard InChI is InChI=1S/C12H17BrN2O2/c1-16-12-7-10(14-8-15-12)6-11(13)9-2-4-17-5-3-9/h7-9,11H,2-6H2,1H3. The maximum atomic E-state index is 5.37. The van der Waals surface area contributed by atoms with Crippen LogP contribution in [0, 0.1) is 5.92 Å². The van der Waals surface area contributed by atoms with Gasteiger partial charge in [-0.3, -0.25) is 0 Å². The quantitative estimate of drug-likeness (QED) is 0.800. The molecule has 1 aromatic heterocycles. The van der Waals surface area contributed by atoms with E-state index in [1.807, 2.05) is 6.07 Å². The van der Waals surface area contributed by atoms with Gasteiger partial charge in [-0.15, -0.1) is 0 Å². The van der Waals surface area contributed by atoms with E-state index in [4.69, 9.17) is 9.47 Å². The van der Waals surface area contributed by atoms with Crippen LogP contribution in [-0.2, 0) is 11.2 Å². The van der Waals surface area contributed by atoms with E-state index in [-0.39, 0.29) is 0 Å². The lowest BCUT2D eigenvalue weighted by molar-refractivity contribution is 0.0661. The van der Waals surface area contributed by atoms with Crippen molar-refractivity contribution < 1.29 is 9.47 Å². The van der Waals surface area contributed by atoms with Crippen LogP contribution in [0.1, 0.15) is 18.5 Å². The Bertz CT molecular complexity index is 356. The van der Waals surface area contributed by atoms with Crippen LogP contribution in [0.2, 0.25) is 0 Å². The molecule has 0 aliphatic carbocycles. The van der Waals surface area contributed by atoms with E-state index in [2.05, 4.69) is 25.9 Å². The number of rotatable bonds is 4. The van der Waals surface area contributed by atoms with Crippen LogP contribution in [0.3, 0.4) is 0 Å². The van der Waals surface area contributed by atoms with E-state index in [9.17, 15) is 0 Å². The highest BCUT2D eigenvalue weighted by Crippen LogP contribution is 2.26. The van der Waals surface area contributed by atoms with Crippen molar-refractivity contribution in [1.82, 2.24) is 9.97 Å². The van der Waals surface area contributed by atoms with Gasteiger partial charge < -0.3 is 9.47 Å². The zero-order valence-corrected chi connectivity index (χ0v) is 11.5. The minimum atomic E-state index is 0.450. The molecule has 1 saturated heterocycles. The second-order valence-corrected chi connectivity index (χ2v) is 5.40. The summed E-state index contributed by atoms with van der Waals surface area (Å²) in [5.74, 6) is 1.30. The molecule has 1 aliphatic rings. The van der Waals surface area contributed by atoms with Crippen LogP contribution < -0.4 is 4.74 Å². The van der Waals surface area contributed by atoms with Crippen LogP contribution in [-0.4, -0.2) is 35.1 Å². The molecule has 2 heterocycles. The molecule has 0 bridgehead atoms. The minimum Gasteiger partial charge on any atom is -0.481 e. The largest absolute Gasteiger partial charge is 0.481 e. The van der Waals surface area contributed by atoms with Gasteiger partial charge in [-0.1, -0.05) is 15.9 Å². The van der Waals surface area contributed by atoms with Gasteiger partial charge in [0.2, 0.25) is 5.88 Å². The molecular weight excluding hydrogens is 284 g/mol. The van der Waals surface area contributed by atoms with E-state index in [0.29, 0.717) is 16.6 Å². The second-order valence-electron chi connectivity index (χ2n) is 4.22. The van der Waals surface area contributed by atoms with E-state index in [0.717, 1.165) is 38.2 Å². The van der Waals surface area contributed by atoms with Crippen molar-refractivity contribution in [1.29, 1.82) is 0 Å². The summed E-state index contributed by atoms with van der Waals surface area (Å²) in [4.78, 5) is 8.73. The van der Waals surface area contributed by atoms with Crippen LogP contribution in [0.5, 0.6) is 5.88 Å². The molecule has 1 aliphatic heterocycles. The first-order chi connectivity index (χ1) is 8.29. The molecule has 17 heavy (non-hydrogen) atoms. The number of aromatic nitrogens is 2. The van der Waals surface area contributed by atoms with Crippen molar-refractivity contribution in [3.63, 3.8) is 0 Å². The molecule has 0 amide bonds. The Morgan fingerprint density at radius 1 is 1.47 bits per heavy atom. The Kier molecular flexibility index (Phi) is 4.74. The number of hydrogen-bond donors (Lipinski definition) is 0. The number of halogens is 1. The van der Waals surface area contributed by atoms with E-state index < -0.39 is 0 Å². The fraction of sp³-hybridized carbons (Fsp3) is 0.667. The predicted molar refractivity (Wildman–Crippen MR) is 68.5 cm³/mol. The van der Waals surface area contributed by atoms with Gasteiger partial charge >= 0.3 is 0 Å². The highest BCUT2D eigenvalue weighted by Gasteiger charge is 2.22. The van der Waals surface area contributed by atoms with Crippen molar-refractivity contribution in [2.24, 2.45) is 5.92 Å². The zero-order valence-electron chi connectivity index (χ0n) is 9.93.